The second-order valence-electron chi connectivity index (χ2n) is 8.31. The van der Waals surface area contributed by atoms with Gasteiger partial charge in [-0.1, -0.05) is 29.5 Å². The van der Waals surface area contributed by atoms with Crippen molar-refractivity contribution < 1.29 is 28.5 Å². The molecule has 3 aromatic rings. The number of nitrogens with zero attached hydrogens (tertiary/aromatic N) is 2. The fourth-order valence-corrected chi connectivity index (χ4v) is 5.23. The van der Waals surface area contributed by atoms with Crippen LogP contribution in [0, 0.1) is 0 Å². The zero-order valence-corrected chi connectivity index (χ0v) is 22.6. The summed E-state index contributed by atoms with van der Waals surface area (Å²) in [5.74, 6) is 0.338. The number of hydrogen-bond donors (Lipinski definition) is 0. The lowest BCUT2D eigenvalue weighted by molar-refractivity contribution is -0.139. The highest BCUT2D eigenvalue weighted by Crippen LogP contribution is 2.32. The Labute approximate surface area is 223 Å². The summed E-state index contributed by atoms with van der Waals surface area (Å²) in [4.78, 5) is 43.2. The van der Waals surface area contributed by atoms with Crippen molar-refractivity contribution in [3.05, 3.63) is 84.5 Å². The van der Waals surface area contributed by atoms with E-state index < -0.39 is 18.0 Å². The Morgan fingerprint density at radius 3 is 2.45 bits per heavy atom. The van der Waals surface area contributed by atoms with Gasteiger partial charge in [0.1, 0.15) is 5.75 Å². The van der Waals surface area contributed by atoms with Crippen LogP contribution >= 0.6 is 11.3 Å². The van der Waals surface area contributed by atoms with Crippen molar-refractivity contribution >= 4 is 29.4 Å². The molecule has 0 amide bonds. The van der Waals surface area contributed by atoms with Gasteiger partial charge in [0.2, 0.25) is 0 Å². The van der Waals surface area contributed by atoms with Crippen LogP contribution in [0.15, 0.2) is 63.5 Å². The molecule has 0 saturated carbocycles. The van der Waals surface area contributed by atoms with Gasteiger partial charge in [-0.2, -0.15) is 0 Å². The van der Waals surface area contributed by atoms with Crippen LogP contribution in [0.25, 0.3) is 6.08 Å². The first-order valence-electron chi connectivity index (χ1n) is 12.1. The minimum absolute atomic E-state index is 0.196. The van der Waals surface area contributed by atoms with Crippen molar-refractivity contribution in [3.8, 4) is 17.2 Å². The summed E-state index contributed by atoms with van der Waals surface area (Å²) in [6.45, 7) is 7.40. The third kappa shape index (κ3) is 5.40. The normalized spacial score (nSPS) is 15.0. The van der Waals surface area contributed by atoms with Gasteiger partial charge in [0, 0.05) is 6.92 Å². The number of aromatic nitrogens is 1. The summed E-state index contributed by atoms with van der Waals surface area (Å²) >= 11 is 1.22. The molecule has 10 heteroatoms. The predicted molar refractivity (Wildman–Crippen MR) is 142 cm³/mol. The summed E-state index contributed by atoms with van der Waals surface area (Å²) < 4.78 is 23.4. The Bertz CT molecular complexity index is 1580. The molecule has 1 aliphatic rings. The molecule has 0 radical (unpaired) electrons. The number of fused-ring (bicyclic) bond motifs is 1. The van der Waals surface area contributed by atoms with Crippen molar-refractivity contribution in [1.29, 1.82) is 0 Å². The quantitative estimate of drug-likeness (QED) is 0.322. The SMILES string of the molecule is CCOC(=O)C1=C(C)N=c2s/c(=C/c3ccc(OC(C)=O)c(OC)c3)c(=O)n2[C@H]1c1ccc(OCC)cc1. The molecular weight excluding hydrogens is 508 g/mol. The number of thiazole rings is 1. The largest absolute Gasteiger partial charge is 0.494 e. The molecule has 0 unspecified atom stereocenters. The van der Waals surface area contributed by atoms with Crippen LogP contribution < -0.4 is 29.1 Å². The van der Waals surface area contributed by atoms with Crippen LogP contribution in [0.1, 0.15) is 44.9 Å². The maximum atomic E-state index is 13.8. The molecule has 198 valence electrons. The predicted octanol–water partition coefficient (Wildman–Crippen LogP) is 3.13. The summed E-state index contributed by atoms with van der Waals surface area (Å²) in [6, 6.07) is 11.6. The molecule has 0 spiro atoms. The van der Waals surface area contributed by atoms with E-state index >= 15 is 0 Å². The van der Waals surface area contributed by atoms with Crippen molar-refractivity contribution in [1.82, 2.24) is 4.57 Å². The lowest BCUT2D eigenvalue weighted by Crippen LogP contribution is -2.39. The van der Waals surface area contributed by atoms with E-state index in [1.54, 1.807) is 38.1 Å². The molecule has 0 saturated heterocycles. The Hall–Kier alpha value is -4.18. The summed E-state index contributed by atoms with van der Waals surface area (Å²) in [6.07, 6.45) is 1.71. The third-order valence-electron chi connectivity index (χ3n) is 5.76. The molecule has 0 bridgehead atoms. The van der Waals surface area contributed by atoms with Gasteiger partial charge < -0.3 is 18.9 Å². The van der Waals surface area contributed by atoms with Crippen molar-refractivity contribution in [2.75, 3.05) is 20.3 Å². The fourth-order valence-electron chi connectivity index (χ4n) is 4.18. The van der Waals surface area contributed by atoms with Gasteiger partial charge in [-0.15, -0.1) is 0 Å². The van der Waals surface area contributed by atoms with E-state index in [0.29, 0.717) is 44.3 Å². The first kappa shape index (κ1) is 26.9. The minimum Gasteiger partial charge on any atom is -0.494 e. The molecule has 0 fully saturated rings. The van der Waals surface area contributed by atoms with Gasteiger partial charge >= 0.3 is 11.9 Å². The Balaban J connectivity index is 1.87. The van der Waals surface area contributed by atoms with Crippen molar-refractivity contribution in [2.24, 2.45) is 4.99 Å². The molecule has 2 aromatic carbocycles. The molecule has 9 nitrogen and oxygen atoms in total. The molecular formula is C28H28N2O7S. The van der Waals surface area contributed by atoms with Gasteiger partial charge in [0.05, 0.1) is 42.2 Å². The van der Waals surface area contributed by atoms with Gasteiger partial charge in [0.15, 0.2) is 16.3 Å². The van der Waals surface area contributed by atoms with Gasteiger partial charge in [-0.05, 0) is 62.2 Å². The van der Waals surface area contributed by atoms with E-state index in [1.165, 1.54) is 29.9 Å². The average Bonchev–Trinajstić information content (AvgIpc) is 3.18. The number of methoxy groups -OCH3 is 1. The maximum Gasteiger partial charge on any atom is 0.338 e. The molecule has 38 heavy (non-hydrogen) atoms. The van der Waals surface area contributed by atoms with Crippen LogP contribution in [0.5, 0.6) is 17.2 Å². The monoisotopic (exact) mass is 536 g/mol. The topological polar surface area (TPSA) is 105 Å². The fraction of sp³-hybridized carbons (Fsp3) is 0.286. The summed E-state index contributed by atoms with van der Waals surface area (Å²) in [5.41, 5.74) is 1.89. The second-order valence-corrected chi connectivity index (χ2v) is 9.32. The van der Waals surface area contributed by atoms with E-state index in [9.17, 15) is 14.4 Å². The zero-order valence-electron chi connectivity index (χ0n) is 21.8. The van der Waals surface area contributed by atoms with Crippen molar-refractivity contribution in [3.63, 3.8) is 0 Å². The van der Waals surface area contributed by atoms with E-state index in [2.05, 4.69) is 4.99 Å². The summed E-state index contributed by atoms with van der Waals surface area (Å²) in [5, 5.41) is 0. The number of benzene rings is 2. The Morgan fingerprint density at radius 1 is 1.08 bits per heavy atom. The summed E-state index contributed by atoms with van der Waals surface area (Å²) in [7, 11) is 1.47. The van der Waals surface area contributed by atoms with Gasteiger partial charge in [-0.3, -0.25) is 14.2 Å². The van der Waals surface area contributed by atoms with E-state index in [1.807, 2.05) is 31.2 Å². The highest BCUT2D eigenvalue weighted by atomic mass is 32.1. The van der Waals surface area contributed by atoms with Crippen LogP contribution in [-0.2, 0) is 14.3 Å². The van der Waals surface area contributed by atoms with E-state index in [0.717, 1.165) is 5.56 Å². The van der Waals surface area contributed by atoms with Crippen LogP contribution in [0.4, 0.5) is 0 Å². The van der Waals surface area contributed by atoms with Crippen molar-refractivity contribution in [2.45, 2.75) is 33.7 Å². The zero-order chi connectivity index (χ0) is 27.4. The molecule has 0 aliphatic carbocycles. The number of hydrogen-bond acceptors (Lipinski definition) is 9. The molecule has 4 rings (SSSR count). The standard InChI is InChI=1S/C28H28N2O7S/c1-6-35-20-11-9-19(10-12-20)25-24(27(33)36-7-2)16(3)29-28-30(25)26(32)23(38-28)15-18-8-13-21(37-17(4)31)22(14-18)34-5/h8-15,25H,6-7H2,1-5H3/b23-15+/t25-/m0/s1. The van der Waals surface area contributed by atoms with Crippen LogP contribution in [-0.4, -0.2) is 36.8 Å². The molecule has 2 heterocycles. The lowest BCUT2D eigenvalue weighted by Gasteiger charge is -2.24. The van der Waals surface area contributed by atoms with E-state index in [4.69, 9.17) is 18.9 Å². The highest BCUT2D eigenvalue weighted by molar-refractivity contribution is 7.07. The van der Waals surface area contributed by atoms with Gasteiger partial charge in [-0.25, -0.2) is 9.79 Å². The smallest absolute Gasteiger partial charge is 0.338 e. The number of ether oxygens (including phenoxy) is 4. The lowest BCUT2D eigenvalue weighted by atomic mass is 9.96. The molecule has 1 atom stereocenters. The third-order valence-corrected chi connectivity index (χ3v) is 6.75. The first-order chi connectivity index (χ1) is 18.3. The first-order valence-corrected chi connectivity index (χ1v) is 12.9. The number of esters is 2. The van der Waals surface area contributed by atoms with E-state index in [-0.39, 0.29) is 17.9 Å². The minimum atomic E-state index is -0.719. The van der Waals surface area contributed by atoms with Crippen LogP contribution in [0.2, 0.25) is 0 Å². The molecule has 1 aliphatic heterocycles. The highest BCUT2D eigenvalue weighted by Gasteiger charge is 2.33. The van der Waals surface area contributed by atoms with Crippen LogP contribution in [0.3, 0.4) is 0 Å². The number of allylic oxidation sites excluding steroid dienone is 1. The number of carbonyl (C=O) groups excluding carboxylic acids is 2. The Kier molecular flexibility index (Phi) is 8.11. The molecule has 1 aromatic heterocycles. The number of carbonyl (C=O) groups is 2. The second kappa shape index (κ2) is 11.5. The van der Waals surface area contributed by atoms with Gasteiger partial charge in [0.25, 0.3) is 5.56 Å². The average molecular weight is 537 g/mol. The maximum absolute atomic E-state index is 13.8. The molecule has 0 N–H and O–H groups in total. The number of rotatable bonds is 8. The Morgan fingerprint density at radius 2 is 1.82 bits per heavy atom.